The molecule has 0 radical (unpaired) electrons. The van der Waals surface area contributed by atoms with Crippen LogP contribution in [0.3, 0.4) is 0 Å². The van der Waals surface area contributed by atoms with Crippen molar-refractivity contribution in [3.05, 3.63) is 65.2 Å². The van der Waals surface area contributed by atoms with Gasteiger partial charge in [0.05, 0.1) is 5.02 Å². The summed E-state index contributed by atoms with van der Waals surface area (Å²) in [5.41, 5.74) is 1.85. The molecule has 124 valence electrons. The van der Waals surface area contributed by atoms with Crippen LogP contribution in [0.15, 0.2) is 48.8 Å². The van der Waals surface area contributed by atoms with Crippen molar-refractivity contribution in [3.63, 3.8) is 0 Å². The van der Waals surface area contributed by atoms with Gasteiger partial charge in [-0.3, -0.25) is 4.79 Å². The van der Waals surface area contributed by atoms with E-state index in [9.17, 15) is 9.18 Å². The number of hydrogen-bond acceptors (Lipinski definition) is 2. The van der Waals surface area contributed by atoms with Gasteiger partial charge in [0.25, 0.3) is 0 Å². The normalized spacial score (nSPS) is 15.1. The molecule has 3 rings (SSSR count). The minimum Gasteiger partial charge on any atom is -0.368 e. The fraction of sp³-hybridized carbons (Fsp3) is 0.222. The SMILES string of the molecule is O=C(/C=C/c1ccc(F)c(Cl)c1)N1CCN(c2cc[nH+]cc2)CC1. The molecule has 6 heteroatoms. The number of benzene rings is 1. The van der Waals surface area contributed by atoms with Gasteiger partial charge >= 0.3 is 0 Å². The highest BCUT2D eigenvalue weighted by atomic mass is 35.5. The number of pyridine rings is 1. The standard InChI is InChI=1S/C18H17ClFN3O/c19-16-13-14(1-3-17(16)20)2-4-18(24)23-11-9-22(10-12-23)15-5-7-21-8-6-15/h1-8,13H,9-12H2/p+1/b4-2+. The summed E-state index contributed by atoms with van der Waals surface area (Å²) >= 11 is 5.74. The van der Waals surface area contributed by atoms with Crippen molar-refractivity contribution in [3.8, 4) is 0 Å². The maximum atomic E-state index is 13.1. The molecule has 2 heterocycles. The summed E-state index contributed by atoms with van der Waals surface area (Å²) in [6.07, 6.45) is 6.95. The number of nitrogens with zero attached hydrogens (tertiary/aromatic N) is 2. The fourth-order valence-corrected chi connectivity index (χ4v) is 2.85. The number of nitrogens with one attached hydrogen (secondary N) is 1. The minimum atomic E-state index is -0.463. The second-order valence-electron chi connectivity index (χ2n) is 5.58. The van der Waals surface area contributed by atoms with Crippen molar-refractivity contribution in [2.45, 2.75) is 0 Å². The zero-order valence-corrected chi connectivity index (χ0v) is 13.8. The number of carbonyl (C=O) groups excluding carboxylic acids is 1. The number of rotatable bonds is 3. The van der Waals surface area contributed by atoms with Gasteiger partial charge in [0.1, 0.15) is 5.82 Å². The molecular formula is C18H18ClFN3O+. The van der Waals surface area contributed by atoms with Crippen LogP contribution in [0.4, 0.5) is 10.1 Å². The zero-order valence-electron chi connectivity index (χ0n) is 13.1. The molecule has 4 nitrogen and oxygen atoms in total. The molecule has 0 saturated carbocycles. The molecule has 2 aromatic rings. The molecule has 24 heavy (non-hydrogen) atoms. The van der Waals surface area contributed by atoms with Crippen molar-refractivity contribution in [1.82, 2.24) is 4.90 Å². The Kier molecular flexibility index (Phi) is 5.11. The molecular weight excluding hydrogens is 329 g/mol. The zero-order chi connectivity index (χ0) is 16.9. The van der Waals surface area contributed by atoms with Crippen molar-refractivity contribution in [2.24, 2.45) is 0 Å². The van der Waals surface area contributed by atoms with Crippen molar-refractivity contribution in [2.75, 3.05) is 31.1 Å². The third kappa shape index (κ3) is 3.92. The average Bonchev–Trinajstić information content (AvgIpc) is 2.63. The van der Waals surface area contributed by atoms with E-state index in [2.05, 4.69) is 9.88 Å². The van der Waals surface area contributed by atoms with Gasteiger partial charge in [-0.1, -0.05) is 17.7 Å². The van der Waals surface area contributed by atoms with Gasteiger partial charge in [-0.05, 0) is 23.8 Å². The third-order valence-corrected chi connectivity index (χ3v) is 4.31. The Balaban J connectivity index is 1.57. The van der Waals surface area contributed by atoms with Gasteiger partial charge in [-0.2, -0.15) is 0 Å². The number of hydrogen-bond donors (Lipinski definition) is 0. The van der Waals surface area contributed by atoms with E-state index in [-0.39, 0.29) is 10.9 Å². The van der Waals surface area contributed by atoms with Crippen LogP contribution < -0.4 is 9.88 Å². The number of aromatic nitrogens is 1. The number of halogens is 2. The van der Waals surface area contributed by atoms with Crippen LogP contribution in [0, 0.1) is 5.82 Å². The monoisotopic (exact) mass is 346 g/mol. The van der Waals surface area contributed by atoms with E-state index < -0.39 is 5.82 Å². The molecule has 1 aromatic carbocycles. The fourth-order valence-electron chi connectivity index (χ4n) is 2.66. The van der Waals surface area contributed by atoms with E-state index in [0.29, 0.717) is 18.7 Å². The lowest BCUT2D eigenvalue weighted by atomic mass is 10.2. The quantitative estimate of drug-likeness (QED) is 0.801. The molecule has 1 aromatic heterocycles. The summed E-state index contributed by atoms with van der Waals surface area (Å²) in [5.74, 6) is -0.508. The summed E-state index contributed by atoms with van der Waals surface area (Å²) < 4.78 is 13.1. The molecule has 0 unspecified atom stereocenters. The molecule has 1 N–H and O–H groups in total. The first-order valence-electron chi connectivity index (χ1n) is 7.76. The molecule has 1 aliphatic heterocycles. The first kappa shape index (κ1) is 16.5. The van der Waals surface area contributed by atoms with E-state index in [1.165, 1.54) is 18.2 Å². The first-order chi connectivity index (χ1) is 11.6. The summed E-state index contributed by atoms with van der Waals surface area (Å²) in [4.78, 5) is 19.3. The average molecular weight is 347 g/mol. The maximum Gasteiger partial charge on any atom is 0.246 e. The summed E-state index contributed by atoms with van der Waals surface area (Å²) in [5, 5.41) is 0.0540. The molecule has 0 aliphatic carbocycles. The molecule has 1 amide bonds. The maximum absolute atomic E-state index is 13.1. The van der Waals surface area contributed by atoms with E-state index in [4.69, 9.17) is 11.6 Å². The lowest BCUT2D eigenvalue weighted by Gasteiger charge is -2.35. The largest absolute Gasteiger partial charge is 0.368 e. The number of carbonyl (C=O) groups is 1. The van der Waals surface area contributed by atoms with Gasteiger partial charge < -0.3 is 9.80 Å². The summed E-state index contributed by atoms with van der Waals surface area (Å²) in [7, 11) is 0. The van der Waals surface area contributed by atoms with Gasteiger partial charge in [-0.15, -0.1) is 0 Å². The predicted octanol–water partition coefficient (Wildman–Crippen LogP) is 2.66. The van der Waals surface area contributed by atoms with Crippen molar-refractivity contribution < 1.29 is 14.2 Å². The van der Waals surface area contributed by atoms with Gasteiger partial charge in [0, 0.05) is 50.1 Å². The van der Waals surface area contributed by atoms with Crippen LogP contribution in [0.2, 0.25) is 5.02 Å². The Morgan fingerprint density at radius 1 is 1.12 bits per heavy atom. The van der Waals surface area contributed by atoms with E-state index in [1.807, 2.05) is 29.4 Å². The predicted molar refractivity (Wildman–Crippen MR) is 92.2 cm³/mol. The third-order valence-electron chi connectivity index (χ3n) is 4.02. The van der Waals surface area contributed by atoms with E-state index >= 15 is 0 Å². The Morgan fingerprint density at radius 3 is 2.50 bits per heavy atom. The van der Waals surface area contributed by atoms with Crippen LogP contribution in [0.5, 0.6) is 0 Å². The van der Waals surface area contributed by atoms with E-state index in [0.717, 1.165) is 18.8 Å². The molecule has 1 aliphatic rings. The highest BCUT2D eigenvalue weighted by Crippen LogP contribution is 2.17. The van der Waals surface area contributed by atoms with Crippen LogP contribution in [-0.2, 0) is 4.79 Å². The Hall–Kier alpha value is -2.40. The van der Waals surface area contributed by atoms with Crippen molar-refractivity contribution in [1.29, 1.82) is 0 Å². The van der Waals surface area contributed by atoms with Crippen molar-refractivity contribution >= 4 is 29.3 Å². The number of amides is 1. The second-order valence-corrected chi connectivity index (χ2v) is 5.98. The Bertz CT molecular complexity index is 743. The van der Waals surface area contributed by atoms with Gasteiger partial charge in [0.15, 0.2) is 12.4 Å². The molecule has 0 atom stereocenters. The van der Waals surface area contributed by atoms with Crippen LogP contribution in [-0.4, -0.2) is 37.0 Å². The lowest BCUT2D eigenvalue weighted by molar-refractivity contribution is -0.377. The van der Waals surface area contributed by atoms with E-state index in [1.54, 1.807) is 12.1 Å². The van der Waals surface area contributed by atoms with Crippen LogP contribution in [0.25, 0.3) is 6.08 Å². The lowest BCUT2D eigenvalue weighted by Crippen LogP contribution is -2.48. The van der Waals surface area contributed by atoms with Crippen LogP contribution in [0.1, 0.15) is 5.56 Å². The first-order valence-corrected chi connectivity index (χ1v) is 8.14. The highest BCUT2D eigenvalue weighted by Gasteiger charge is 2.20. The number of piperazine rings is 1. The van der Waals surface area contributed by atoms with Gasteiger partial charge in [0.2, 0.25) is 5.91 Å². The smallest absolute Gasteiger partial charge is 0.246 e. The number of anilines is 1. The Morgan fingerprint density at radius 2 is 1.83 bits per heavy atom. The molecule has 1 saturated heterocycles. The number of aromatic amines is 1. The molecule has 1 fully saturated rings. The van der Waals surface area contributed by atoms with Crippen LogP contribution >= 0.6 is 11.6 Å². The number of H-pyrrole nitrogens is 1. The highest BCUT2D eigenvalue weighted by molar-refractivity contribution is 6.30. The topological polar surface area (TPSA) is 37.7 Å². The second kappa shape index (κ2) is 7.45. The summed E-state index contributed by atoms with van der Waals surface area (Å²) in [6, 6.07) is 8.44. The molecule has 0 bridgehead atoms. The molecule has 0 spiro atoms. The minimum absolute atomic E-state index is 0.0449. The Labute approximate surface area is 145 Å². The van der Waals surface area contributed by atoms with Gasteiger partial charge in [-0.25, -0.2) is 9.37 Å². The summed E-state index contributed by atoms with van der Waals surface area (Å²) in [6.45, 7) is 2.94.